The molecule has 1 unspecified atom stereocenters. The van der Waals surface area contributed by atoms with Crippen molar-refractivity contribution in [2.24, 2.45) is 0 Å². The number of ketones is 1. The number of likely N-dealkylation sites (tertiary alicyclic amines) is 1. The second-order valence-corrected chi connectivity index (χ2v) is 7.30. The van der Waals surface area contributed by atoms with Gasteiger partial charge < -0.3 is 14.7 Å². The molecule has 0 spiro atoms. The molecule has 3 aromatic rings. The average Bonchev–Trinajstić information content (AvgIpc) is 3.09. The fraction of sp³-hybridized carbons (Fsp3) is 0.125. The lowest BCUT2D eigenvalue weighted by atomic mass is 9.94. The number of rotatable bonds is 6. The van der Waals surface area contributed by atoms with E-state index < -0.39 is 28.4 Å². The summed E-state index contributed by atoms with van der Waals surface area (Å²) in [6.07, 6.45) is 1.58. The third-order valence-electron chi connectivity index (χ3n) is 5.36. The van der Waals surface area contributed by atoms with Crippen molar-refractivity contribution in [2.75, 3.05) is 7.11 Å². The summed E-state index contributed by atoms with van der Waals surface area (Å²) in [6.45, 7) is 0.0137. The molecular weight excluding hydrogens is 426 g/mol. The second kappa shape index (κ2) is 8.91. The molecule has 1 fully saturated rings. The molecule has 2 aromatic carbocycles. The standard InChI is InChI=1S/C24H19N3O6/c1-33-19-11-3-2-10-18(19)21-20(22(28)15-7-6-9-17(13-15)27(31)32)23(29)24(30)26(21)14-16-8-4-5-12-25-16/h2-13,21,28H,14H2,1H3/b22-20+. The van der Waals surface area contributed by atoms with Crippen molar-refractivity contribution in [3.05, 3.63) is 105 Å². The van der Waals surface area contributed by atoms with Crippen LogP contribution in [0.3, 0.4) is 0 Å². The molecular formula is C24H19N3O6. The first-order valence-electron chi connectivity index (χ1n) is 9.98. The average molecular weight is 445 g/mol. The number of para-hydroxylation sites is 1. The molecule has 33 heavy (non-hydrogen) atoms. The number of aliphatic hydroxyl groups excluding tert-OH is 1. The first kappa shape index (κ1) is 21.7. The number of nitro benzene ring substituents is 1. The lowest BCUT2D eigenvalue weighted by Crippen LogP contribution is -2.29. The highest BCUT2D eigenvalue weighted by Crippen LogP contribution is 2.43. The number of Topliss-reactive ketones (excluding diaryl/α,β-unsaturated/α-hetero) is 1. The molecule has 1 aliphatic heterocycles. The van der Waals surface area contributed by atoms with E-state index in [0.717, 1.165) is 6.07 Å². The van der Waals surface area contributed by atoms with Crippen molar-refractivity contribution in [2.45, 2.75) is 12.6 Å². The molecule has 1 amide bonds. The van der Waals surface area contributed by atoms with Gasteiger partial charge in [-0.15, -0.1) is 0 Å². The normalized spacial score (nSPS) is 17.2. The molecule has 4 rings (SSSR count). The molecule has 1 aromatic heterocycles. The predicted molar refractivity (Wildman–Crippen MR) is 118 cm³/mol. The maximum Gasteiger partial charge on any atom is 0.296 e. The van der Waals surface area contributed by atoms with Crippen LogP contribution in [0, 0.1) is 10.1 Å². The number of carbonyl (C=O) groups excluding carboxylic acids is 2. The van der Waals surface area contributed by atoms with Crippen molar-refractivity contribution < 1.29 is 24.4 Å². The summed E-state index contributed by atoms with van der Waals surface area (Å²) in [7, 11) is 1.46. The largest absolute Gasteiger partial charge is 0.507 e. The molecule has 0 radical (unpaired) electrons. The van der Waals surface area contributed by atoms with Gasteiger partial charge in [0.1, 0.15) is 11.5 Å². The monoisotopic (exact) mass is 445 g/mol. The summed E-state index contributed by atoms with van der Waals surface area (Å²) < 4.78 is 5.45. The molecule has 1 aliphatic rings. The summed E-state index contributed by atoms with van der Waals surface area (Å²) in [6, 6.07) is 16.3. The van der Waals surface area contributed by atoms with Crippen LogP contribution < -0.4 is 4.74 Å². The summed E-state index contributed by atoms with van der Waals surface area (Å²) in [4.78, 5) is 42.3. The smallest absolute Gasteiger partial charge is 0.296 e. The number of pyridine rings is 1. The van der Waals surface area contributed by atoms with E-state index in [0.29, 0.717) is 17.0 Å². The van der Waals surface area contributed by atoms with Crippen LogP contribution in [0.15, 0.2) is 78.5 Å². The molecule has 1 saturated heterocycles. The molecule has 9 nitrogen and oxygen atoms in total. The molecule has 0 bridgehead atoms. The Labute approximate surface area is 188 Å². The molecule has 1 N–H and O–H groups in total. The number of amides is 1. The maximum atomic E-state index is 13.1. The Balaban J connectivity index is 1.91. The first-order chi connectivity index (χ1) is 15.9. The van der Waals surface area contributed by atoms with E-state index in [1.807, 2.05) is 0 Å². The zero-order valence-corrected chi connectivity index (χ0v) is 17.5. The summed E-state index contributed by atoms with van der Waals surface area (Å²) >= 11 is 0. The van der Waals surface area contributed by atoms with Gasteiger partial charge in [0.05, 0.1) is 35.9 Å². The van der Waals surface area contributed by atoms with Gasteiger partial charge in [-0.25, -0.2) is 0 Å². The fourth-order valence-electron chi connectivity index (χ4n) is 3.85. The van der Waals surface area contributed by atoms with Gasteiger partial charge in [0, 0.05) is 29.5 Å². The fourth-order valence-corrected chi connectivity index (χ4v) is 3.85. The van der Waals surface area contributed by atoms with Crippen LogP contribution in [0.5, 0.6) is 5.75 Å². The summed E-state index contributed by atoms with van der Waals surface area (Å²) in [5.74, 6) is -1.80. The predicted octanol–water partition coefficient (Wildman–Crippen LogP) is 3.62. The Morgan fingerprint density at radius 1 is 1.12 bits per heavy atom. The van der Waals surface area contributed by atoms with Crippen LogP contribution in [0.25, 0.3) is 5.76 Å². The summed E-state index contributed by atoms with van der Waals surface area (Å²) in [5, 5.41) is 22.3. The number of nitro groups is 1. The van der Waals surface area contributed by atoms with E-state index in [-0.39, 0.29) is 23.4 Å². The van der Waals surface area contributed by atoms with Crippen molar-refractivity contribution in [1.82, 2.24) is 9.88 Å². The van der Waals surface area contributed by atoms with Crippen LogP contribution in [0.1, 0.15) is 22.9 Å². The Morgan fingerprint density at radius 2 is 1.88 bits per heavy atom. The molecule has 0 aliphatic carbocycles. The van der Waals surface area contributed by atoms with Crippen LogP contribution in [-0.2, 0) is 16.1 Å². The minimum atomic E-state index is -0.984. The van der Waals surface area contributed by atoms with Crippen molar-refractivity contribution in [3.8, 4) is 5.75 Å². The first-order valence-corrected chi connectivity index (χ1v) is 9.98. The molecule has 2 heterocycles. The third-order valence-corrected chi connectivity index (χ3v) is 5.36. The quantitative estimate of drug-likeness (QED) is 0.202. The van der Waals surface area contributed by atoms with Gasteiger partial charge in [-0.1, -0.05) is 36.4 Å². The number of nitrogens with zero attached hydrogens (tertiary/aromatic N) is 3. The topological polar surface area (TPSA) is 123 Å². The van der Waals surface area contributed by atoms with Gasteiger partial charge in [-0.2, -0.15) is 0 Å². The lowest BCUT2D eigenvalue weighted by Gasteiger charge is -2.26. The van der Waals surface area contributed by atoms with Crippen LogP contribution >= 0.6 is 0 Å². The van der Waals surface area contributed by atoms with E-state index in [9.17, 15) is 24.8 Å². The Morgan fingerprint density at radius 3 is 2.58 bits per heavy atom. The van der Waals surface area contributed by atoms with Gasteiger partial charge in [0.25, 0.3) is 17.4 Å². The Kier molecular flexibility index (Phi) is 5.86. The minimum Gasteiger partial charge on any atom is -0.507 e. The number of ether oxygens (including phenoxy) is 1. The van der Waals surface area contributed by atoms with Crippen molar-refractivity contribution >= 4 is 23.1 Å². The van der Waals surface area contributed by atoms with Gasteiger partial charge in [0.2, 0.25) is 0 Å². The van der Waals surface area contributed by atoms with Crippen LogP contribution in [0.2, 0.25) is 0 Å². The van der Waals surface area contributed by atoms with Crippen LogP contribution in [0.4, 0.5) is 5.69 Å². The van der Waals surface area contributed by atoms with Crippen LogP contribution in [-0.4, -0.2) is 38.7 Å². The SMILES string of the molecule is COc1ccccc1C1/C(=C(\O)c2cccc([N+](=O)[O-])c2)C(=O)C(=O)N1Cc1ccccn1. The van der Waals surface area contributed by atoms with E-state index in [1.54, 1.807) is 48.7 Å². The number of benzene rings is 2. The number of hydrogen-bond donors (Lipinski definition) is 1. The molecule has 9 heteroatoms. The van der Waals surface area contributed by atoms with Gasteiger partial charge in [-0.05, 0) is 18.2 Å². The number of methoxy groups -OCH3 is 1. The number of hydrogen-bond acceptors (Lipinski definition) is 7. The van der Waals surface area contributed by atoms with E-state index >= 15 is 0 Å². The maximum absolute atomic E-state index is 13.1. The highest BCUT2D eigenvalue weighted by atomic mass is 16.6. The molecule has 1 atom stereocenters. The Hall–Kier alpha value is -4.53. The third kappa shape index (κ3) is 4.03. The highest BCUT2D eigenvalue weighted by Gasteiger charge is 2.47. The lowest BCUT2D eigenvalue weighted by molar-refractivity contribution is -0.384. The van der Waals surface area contributed by atoms with E-state index in [4.69, 9.17) is 4.74 Å². The zero-order valence-electron chi connectivity index (χ0n) is 17.5. The molecule has 0 saturated carbocycles. The van der Waals surface area contributed by atoms with E-state index in [1.165, 1.54) is 30.2 Å². The number of non-ortho nitro benzene ring substituents is 1. The zero-order chi connectivity index (χ0) is 23.5. The highest BCUT2D eigenvalue weighted by molar-refractivity contribution is 6.46. The number of aliphatic hydroxyl groups is 1. The van der Waals surface area contributed by atoms with Crippen molar-refractivity contribution in [1.29, 1.82) is 0 Å². The number of carbonyl (C=O) groups is 2. The van der Waals surface area contributed by atoms with Crippen molar-refractivity contribution in [3.63, 3.8) is 0 Å². The van der Waals surface area contributed by atoms with Gasteiger partial charge >= 0.3 is 0 Å². The Bertz CT molecular complexity index is 1270. The number of aromatic nitrogens is 1. The summed E-state index contributed by atoms with van der Waals surface area (Å²) in [5.41, 5.74) is 0.660. The van der Waals surface area contributed by atoms with Gasteiger partial charge in [-0.3, -0.25) is 24.7 Å². The molecule has 166 valence electrons. The minimum absolute atomic E-state index is 0.0137. The second-order valence-electron chi connectivity index (χ2n) is 7.30. The van der Waals surface area contributed by atoms with E-state index in [2.05, 4.69) is 4.98 Å². The van der Waals surface area contributed by atoms with Gasteiger partial charge in [0.15, 0.2) is 0 Å².